The van der Waals surface area contributed by atoms with Crippen molar-refractivity contribution in [1.29, 1.82) is 5.26 Å². The third-order valence-electron chi connectivity index (χ3n) is 3.36. The van der Waals surface area contributed by atoms with Gasteiger partial charge in [0.15, 0.2) is 0 Å². The van der Waals surface area contributed by atoms with Crippen LogP contribution in [0.4, 0.5) is 0 Å². The molecule has 15 heavy (non-hydrogen) atoms. The molecule has 1 saturated carbocycles. The van der Waals surface area contributed by atoms with E-state index in [0.29, 0.717) is 17.3 Å². The minimum atomic E-state index is -0.590. The highest BCUT2D eigenvalue weighted by molar-refractivity contribution is 8.00. The van der Waals surface area contributed by atoms with Crippen LogP contribution in [-0.2, 0) is 4.74 Å². The summed E-state index contributed by atoms with van der Waals surface area (Å²) >= 11 is 1.82. The number of ether oxygens (including phenoxy) is 1. The van der Waals surface area contributed by atoms with Crippen molar-refractivity contribution in [2.45, 2.75) is 43.1 Å². The zero-order chi connectivity index (χ0) is 10.9. The first-order valence-corrected chi connectivity index (χ1v) is 6.64. The van der Waals surface area contributed by atoms with E-state index in [1.807, 2.05) is 11.8 Å². The van der Waals surface area contributed by atoms with Gasteiger partial charge in [-0.3, -0.25) is 0 Å². The number of hydrogen-bond acceptors (Lipinski definition) is 4. The fourth-order valence-electron chi connectivity index (χ4n) is 2.02. The monoisotopic (exact) mass is 226 g/mol. The molecule has 0 bridgehead atoms. The second-order valence-corrected chi connectivity index (χ2v) is 5.87. The summed E-state index contributed by atoms with van der Waals surface area (Å²) in [6.45, 7) is 2.96. The average Bonchev–Trinajstić information content (AvgIpc) is 3.01. The number of nitrogens with zero attached hydrogens (tertiary/aromatic N) is 1. The van der Waals surface area contributed by atoms with Crippen LogP contribution < -0.4 is 5.73 Å². The van der Waals surface area contributed by atoms with Crippen LogP contribution in [0, 0.1) is 17.2 Å². The Morgan fingerprint density at radius 2 is 2.27 bits per heavy atom. The van der Waals surface area contributed by atoms with Crippen LogP contribution in [-0.4, -0.2) is 29.3 Å². The lowest BCUT2D eigenvalue weighted by atomic mass is 10.00. The van der Waals surface area contributed by atoms with Gasteiger partial charge < -0.3 is 10.5 Å². The molecule has 1 saturated heterocycles. The van der Waals surface area contributed by atoms with Crippen molar-refractivity contribution in [2.24, 2.45) is 11.7 Å². The molecule has 1 heterocycles. The Balaban J connectivity index is 1.83. The van der Waals surface area contributed by atoms with Crippen molar-refractivity contribution in [3.05, 3.63) is 0 Å². The van der Waals surface area contributed by atoms with Gasteiger partial charge in [-0.05, 0) is 32.1 Å². The lowest BCUT2D eigenvalue weighted by Gasteiger charge is -2.23. The number of nitriles is 1. The van der Waals surface area contributed by atoms with Crippen LogP contribution in [0.15, 0.2) is 0 Å². The van der Waals surface area contributed by atoms with Crippen LogP contribution in [0.1, 0.15) is 26.2 Å². The topological polar surface area (TPSA) is 59.0 Å². The first-order chi connectivity index (χ1) is 7.15. The summed E-state index contributed by atoms with van der Waals surface area (Å²) in [6, 6.07) is 2.30. The molecule has 84 valence electrons. The summed E-state index contributed by atoms with van der Waals surface area (Å²) in [7, 11) is 0. The lowest BCUT2D eigenvalue weighted by Crippen LogP contribution is -2.44. The van der Waals surface area contributed by atoms with E-state index < -0.39 is 5.54 Å². The molecule has 2 fully saturated rings. The van der Waals surface area contributed by atoms with Gasteiger partial charge in [0.25, 0.3) is 0 Å². The molecule has 0 aromatic heterocycles. The van der Waals surface area contributed by atoms with E-state index in [1.54, 1.807) is 0 Å². The van der Waals surface area contributed by atoms with Gasteiger partial charge in [0.05, 0.1) is 12.2 Å². The van der Waals surface area contributed by atoms with Crippen LogP contribution in [0.2, 0.25) is 0 Å². The summed E-state index contributed by atoms with van der Waals surface area (Å²) in [5.41, 5.74) is 5.51. The van der Waals surface area contributed by atoms with Gasteiger partial charge in [-0.1, -0.05) is 0 Å². The Hall–Kier alpha value is -0.240. The predicted molar refractivity (Wildman–Crippen MR) is 61.5 cm³/mol. The van der Waals surface area contributed by atoms with Gasteiger partial charge in [0, 0.05) is 17.6 Å². The SMILES string of the molecule is CC1OCCC1SCC(N)(C#N)C1CC1. The van der Waals surface area contributed by atoms with Crippen LogP contribution in [0.5, 0.6) is 0 Å². The summed E-state index contributed by atoms with van der Waals surface area (Å²) in [6.07, 6.45) is 3.66. The van der Waals surface area contributed by atoms with Crippen molar-refractivity contribution in [3.63, 3.8) is 0 Å². The molecular weight excluding hydrogens is 208 g/mol. The summed E-state index contributed by atoms with van der Waals surface area (Å²) in [5, 5.41) is 9.64. The van der Waals surface area contributed by atoms with Crippen LogP contribution in [0.3, 0.4) is 0 Å². The van der Waals surface area contributed by atoms with Gasteiger partial charge >= 0.3 is 0 Å². The smallest absolute Gasteiger partial charge is 0.116 e. The molecule has 3 unspecified atom stereocenters. The Kier molecular flexibility index (Phi) is 3.24. The van der Waals surface area contributed by atoms with Crippen molar-refractivity contribution >= 4 is 11.8 Å². The maximum atomic E-state index is 9.12. The number of thioether (sulfide) groups is 1. The Morgan fingerprint density at radius 1 is 1.53 bits per heavy atom. The van der Waals surface area contributed by atoms with Gasteiger partial charge in [0.2, 0.25) is 0 Å². The fraction of sp³-hybridized carbons (Fsp3) is 0.909. The quantitative estimate of drug-likeness (QED) is 0.789. The molecular formula is C11H18N2OS. The van der Waals surface area contributed by atoms with E-state index in [-0.39, 0.29) is 0 Å². The standard InChI is InChI=1S/C11H18N2OS/c1-8-10(4-5-14-8)15-7-11(13,6-12)9-2-3-9/h8-10H,2-5,7,13H2,1H3. The molecule has 0 aromatic carbocycles. The van der Waals surface area contributed by atoms with E-state index in [9.17, 15) is 0 Å². The van der Waals surface area contributed by atoms with E-state index in [0.717, 1.165) is 31.6 Å². The minimum absolute atomic E-state index is 0.317. The molecule has 0 amide bonds. The highest BCUT2D eigenvalue weighted by Gasteiger charge is 2.43. The molecule has 0 aromatic rings. The normalized spacial score (nSPS) is 34.7. The molecule has 0 spiro atoms. The predicted octanol–water partition coefficient (Wildman–Crippen LogP) is 1.53. The Morgan fingerprint density at radius 3 is 2.73 bits per heavy atom. The number of nitrogens with two attached hydrogens (primary N) is 1. The first kappa shape index (κ1) is 11.3. The Bertz CT molecular complexity index is 274. The third-order valence-corrected chi connectivity index (χ3v) is 5.05. The lowest BCUT2D eigenvalue weighted by molar-refractivity contribution is 0.127. The van der Waals surface area contributed by atoms with E-state index in [4.69, 9.17) is 15.7 Å². The van der Waals surface area contributed by atoms with Gasteiger partial charge in [-0.2, -0.15) is 17.0 Å². The van der Waals surface area contributed by atoms with Crippen molar-refractivity contribution in [3.8, 4) is 6.07 Å². The summed E-state index contributed by atoms with van der Waals surface area (Å²) in [5.74, 6) is 1.19. The molecule has 0 radical (unpaired) electrons. The highest BCUT2D eigenvalue weighted by Crippen LogP contribution is 2.41. The first-order valence-electron chi connectivity index (χ1n) is 5.59. The maximum Gasteiger partial charge on any atom is 0.116 e. The minimum Gasteiger partial charge on any atom is -0.377 e. The van der Waals surface area contributed by atoms with Crippen LogP contribution >= 0.6 is 11.8 Å². The Labute approximate surface area is 95.3 Å². The summed E-state index contributed by atoms with van der Waals surface area (Å²) in [4.78, 5) is 0. The number of rotatable bonds is 4. The molecule has 1 aliphatic heterocycles. The molecule has 4 heteroatoms. The highest BCUT2D eigenvalue weighted by atomic mass is 32.2. The van der Waals surface area contributed by atoms with Crippen molar-refractivity contribution < 1.29 is 4.74 Å². The fourth-order valence-corrected chi connectivity index (χ4v) is 3.42. The molecule has 3 nitrogen and oxygen atoms in total. The van der Waals surface area contributed by atoms with Gasteiger partial charge in [0.1, 0.15) is 5.54 Å². The molecule has 2 aliphatic rings. The van der Waals surface area contributed by atoms with E-state index in [2.05, 4.69) is 13.0 Å². The molecule has 1 aliphatic carbocycles. The second kappa shape index (κ2) is 4.32. The molecule has 2 rings (SSSR count). The molecule has 2 N–H and O–H groups in total. The second-order valence-electron chi connectivity index (χ2n) is 4.64. The van der Waals surface area contributed by atoms with E-state index in [1.165, 1.54) is 0 Å². The zero-order valence-corrected chi connectivity index (χ0v) is 9.93. The largest absolute Gasteiger partial charge is 0.377 e. The molecule has 3 atom stereocenters. The average molecular weight is 226 g/mol. The van der Waals surface area contributed by atoms with E-state index >= 15 is 0 Å². The van der Waals surface area contributed by atoms with Gasteiger partial charge in [-0.25, -0.2) is 0 Å². The van der Waals surface area contributed by atoms with Gasteiger partial charge in [-0.15, -0.1) is 0 Å². The van der Waals surface area contributed by atoms with Crippen molar-refractivity contribution in [2.75, 3.05) is 12.4 Å². The summed E-state index contributed by atoms with van der Waals surface area (Å²) < 4.78 is 5.50. The van der Waals surface area contributed by atoms with Crippen molar-refractivity contribution in [1.82, 2.24) is 0 Å². The number of hydrogen-bond donors (Lipinski definition) is 1. The van der Waals surface area contributed by atoms with Crippen LogP contribution in [0.25, 0.3) is 0 Å². The zero-order valence-electron chi connectivity index (χ0n) is 9.11. The third kappa shape index (κ3) is 2.47. The maximum absolute atomic E-state index is 9.12.